The molecule has 2 atom stereocenters. The molecule has 1 rings (SSSR count). The van der Waals surface area contributed by atoms with Gasteiger partial charge in [0, 0.05) is 13.0 Å². The number of rotatable bonds is 9. The number of benzene rings is 1. The van der Waals surface area contributed by atoms with Crippen LogP contribution in [0.3, 0.4) is 0 Å². The van der Waals surface area contributed by atoms with E-state index in [1.807, 2.05) is 24.3 Å². The molecule has 0 amide bonds. The molecule has 3 N–H and O–H groups in total. The van der Waals surface area contributed by atoms with E-state index in [2.05, 4.69) is 0 Å². The molecule has 0 aromatic heterocycles. The predicted octanol–water partition coefficient (Wildman–Crippen LogP) is 0.706. The summed E-state index contributed by atoms with van der Waals surface area (Å²) in [5, 5.41) is 27.2. The van der Waals surface area contributed by atoms with E-state index in [-0.39, 0.29) is 19.3 Å². The number of aliphatic hydroxyl groups is 3. The Kier molecular flexibility index (Phi) is 7.43. The Bertz CT molecular complexity index is 338. The van der Waals surface area contributed by atoms with Gasteiger partial charge in [0.1, 0.15) is 5.75 Å². The highest BCUT2D eigenvalue weighted by Crippen LogP contribution is 2.14. The fourth-order valence-corrected chi connectivity index (χ4v) is 1.73. The van der Waals surface area contributed by atoms with E-state index < -0.39 is 6.10 Å². The first-order valence-electron chi connectivity index (χ1n) is 6.34. The second-order valence-electron chi connectivity index (χ2n) is 4.37. The Morgan fingerprint density at radius 1 is 1.16 bits per heavy atom. The maximum absolute atomic E-state index is 9.39. The zero-order chi connectivity index (χ0) is 14.1. The number of hydrogen-bond donors (Lipinski definition) is 3. The van der Waals surface area contributed by atoms with E-state index in [9.17, 15) is 5.11 Å². The molecule has 5 nitrogen and oxygen atoms in total. The van der Waals surface area contributed by atoms with Crippen LogP contribution in [0.15, 0.2) is 24.3 Å². The Labute approximate surface area is 113 Å². The van der Waals surface area contributed by atoms with Crippen molar-refractivity contribution < 1.29 is 24.8 Å². The lowest BCUT2D eigenvalue weighted by Gasteiger charge is -2.19. The van der Waals surface area contributed by atoms with Gasteiger partial charge < -0.3 is 24.8 Å². The fourth-order valence-electron chi connectivity index (χ4n) is 1.73. The standard InChI is InChI=1S/C14H22O5/c1-18-13-4-2-11(3-5-13)10-19-14(6-7-15)8-12(17)9-16/h2-5,12,14-17H,6-10H2,1H3/t12?,14-/m1/s1. The third-order valence-electron chi connectivity index (χ3n) is 2.84. The van der Waals surface area contributed by atoms with Gasteiger partial charge in [0.05, 0.1) is 32.5 Å². The van der Waals surface area contributed by atoms with Gasteiger partial charge in [-0.1, -0.05) is 12.1 Å². The normalized spacial score (nSPS) is 14.1. The molecule has 1 aromatic carbocycles. The van der Waals surface area contributed by atoms with Crippen LogP contribution in [0.2, 0.25) is 0 Å². The predicted molar refractivity (Wildman–Crippen MR) is 71.0 cm³/mol. The second-order valence-corrected chi connectivity index (χ2v) is 4.37. The van der Waals surface area contributed by atoms with E-state index in [0.717, 1.165) is 11.3 Å². The van der Waals surface area contributed by atoms with Gasteiger partial charge in [-0.2, -0.15) is 0 Å². The Hall–Kier alpha value is -1.14. The zero-order valence-electron chi connectivity index (χ0n) is 11.2. The van der Waals surface area contributed by atoms with E-state index >= 15 is 0 Å². The summed E-state index contributed by atoms with van der Waals surface area (Å²) in [6, 6.07) is 7.50. The van der Waals surface area contributed by atoms with Gasteiger partial charge >= 0.3 is 0 Å². The molecule has 0 heterocycles. The summed E-state index contributed by atoms with van der Waals surface area (Å²) >= 11 is 0. The first kappa shape index (κ1) is 15.9. The van der Waals surface area contributed by atoms with Gasteiger partial charge in [-0.3, -0.25) is 0 Å². The molecule has 0 radical (unpaired) electrons. The van der Waals surface area contributed by atoms with Crippen LogP contribution in [0.25, 0.3) is 0 Å². The molecule has 0 saturated heterocycles. The highest BCUT2D eigenvalue weighted by molar-refractivity contribution is 5.26. The quantitative estimate of drug-likeness (QED) is 0.616. The fraction of sp³-hybridized carbons (Fsp3) is 0.571. The molecule has 5 heteroatoms. The summed E-state index contributed by atoms with van der Waals surface area (Å²) < 4.78 is 10.7. The lowest BCUT2D eigenvalue weighted by molar-refractivity contribution is -0.0203. The third-order valence-corrected chi connectivity index (χ3v) is 2.84. The van der Waals surface area contributed by atoms with Gasteiger partial charge in [-0.15, -0.1) is 0 Å². The van der Waals surface area contributed by atoms with Crippen LogP contribution in [0.4, 0.5) is 0 Å². The van der Waals surface area contributed by atoms with Crippen LogP contribution >= 0.6 is 0 Å². The van der Waals surface area contributed by atoms with Gasteiger partial charge in [0.2, 0.25) is 0 Å². The molecule has 108 valence electrons. The molecule has 0 aliphatic rings. The summed E-state index contributed by atoms with van der Waals surface area (Å²) in [4.78, 5) is 0. The number of methoxy groups -OCH3 is 1. The van der Waals surface area contributed by atoms with Crippen molar-refractivity contribution in [1.82, 2.24) is 0 Å². The molecule has 0 aliphatic carbocycles. The molecular formula is C14H22O5. The number of hydrogen-bond acceptors (Lipinski definition) is 5. The molecule has 0 spiro atoms. The Balaban J connectivity index is 2.45. The van der Waals surface area contributed by atoms with Crippen molar-refractivity contribution in [3.05, 3.63) is 29.8 Å². The van der Waals surface area contributed by atoms with Crippen LogP contribution in [0, 0.1) is 0 Å². The molecule has 19 heavy (non-hydrogen) atoms. The van der Waals surface area contributed by atoms with Gasteiger partial charge in [0.15, 0.2) is 0 Å². The minimum absolute atomic E-state index is 0.00850. The molecule has 0 saturated carbocycles. The SMILES string of the molecule is COc1ccc(CO[C@H](CCO)CC(O)CO)cc1. The smallest absolute Gasteiger partial charge is 0.118 e. The van der Waals surface area contributed by atoms with E-state index in [0.29, 0.717) is 19.4 Å². The molecule has 0 bridgehead atoms. The van der Waals surface area contributed by atoms with E-state index in [1.165, 1.54) is 0 Å². The molecule has 1 aromatic rings. The maximum atomic E-state index is 9.39. The van der Waals surface area contributed by atoms with Crippen LogP contribution in [-0.4, -0.2) is 47.9 Å². The first-order chi connectivity index (χ1) is 9.19. The minimum atomic E-state index is -0.813. The van der Waals surface area contributed by atoms with Crippen molar-refractivity contribution in [3.63, 3.8) is 0 Å². The van der Waals surface area contributed by atoms with Gasteiger partial charge in [0.25, 0.3) is 0 Å². The Morgan fingerprint density at radius 2 is 1.84 bits per heavy atom. The molecule has 0 aliphatic heterocycles. The van der Waals surface area contributed by atoms with Crippen molar-refractivity contribution >= 4 is 0 Å². The average Bonchev–Trinajstić information content (AvgIpc) is 2.45. The summed E-state index contributed by atoms with van der Waals surface area (Å²) in [7, 11) is 1.61. The topological polar surface area (TPSA) is 79.2 Å². The van der Waals surface area contributed by atoms with Crippen molar-refractivity contribution in [2.75, 3.05) is 20.3 Å². The molecular weight excluding hydrogens is 248 g/mol. The third kappa shape index (κ3) is 6.02. The van der Waals surface area contributed by atoms with Crippen molar-refractivity contribution in [3.8, 4) is 5.75 Å². The summed E-state index contributed by atoms with van der Waals surface area (Å²) in [6.07, 6.45) is -0.331. The van der Waals surface area contributed by atoms with Gasteiger partial charge in [-0.25, -0.2) is 0 Å². The average molecular weight is 270 g/mol. The second kappa shape index (κ2) is 8.87. The Morgan fingerprint density at radius 3 is 2.37 bits per heavy atom. The minimum Gasteiger partial charge on any atom is -0.497 e. The summed E-state index contributed by atoms with van der Waals surface area (Å²) in [5.41, 5.74) is 0.988. The van der Waals surface area contributed by atoms with Crippen LogP contribution in [-0.2, 0) is 11.3 Å². The zero-order valence-corrected chi connectivity index (χ0v) is 11.2. The van der Waals surface area contributed by atoms with Gasteiger partial charge in [-0.05, 0) is 24.1 Å². The van der Waals surface area contributed by atoms with Crippen molar-refractivity contribution in [2.24, 2.45) is 0 Å². The largest absolute Gasteiger partial charge is 0.497 e. The number of ether oxygens (including phenoxy) is 2. The molecule has 1 unspecified atom stereocenters. The monoisotopic (exact) mass is 270 g/mol. The summed E-state index contributed by atoms with van der Waals surface area (Å²) in [6.45, 7) is 0.0893. The van der Waals surface area contributed by atoms with Crippen LogP contribution < -0.4 is 4.74 Å². The highest BCUT2D eigenvalue weighted by Gasteiger charge is 2.14. The maximum Gasteiger partial charge on any atom is 0.118 e. The van der Waals surface area contributed by atoms with E-state index in [1.54, 1.807) is 7.11 Å². The first-order valence-corrected chi connectivity index (χ1v) is 6.34. The van der Waals surface area contributed by atoms with Crippen molar-refractivity contribution in [1.29, 1.82) is 0 Å². The molecule has 0 fully saturated rings. The lowest BCUT2D eigenvalue weighted by atomic mass is 10.1. The highest BCUT2D eigenvalue weighted by atomic mass is 16.5. The summed E-state index contributed by atoms with van der Waals surface area (Å²) in [5.74, 6) is 0.784. The van der Waals surface area contributed by atoms with Crippen LogP contribution in [0.5, 0.6) is 5.75 Å². The van der Waals surface area contributed by atoms with E-state index in [4.69, 9.17) is 19.7 Å². The lowest BCUT2D eigenvalue weighted by Crippen LogP contribution is -2.24. The van der Waals surface area contributed by atoms with Crippen molar-refractivity contribution in [2.45, 2.75) is 31.7 Å². The number of aliphatic hydroxyl groups excluding tert-OH is 3. The van der Waals surface area contributed by atoms with Crippen LogP contribution in [0.1, 0.15) is 18.4 Å².